The molecule has 3 heterocycles. The van der Waals surface area contributed by atoms with Gasteiger partial charge in [-0.15, -0.1) is 0 Å². The van der Waals surface area contributed by atoms with Gasteiger partial charge in [-0.2, -0.15) is 0 Å². The van der Waals surface area contributed by atoms with Crippen molar-refractivity contribution in [2.75, 3.05) is 25.0 Å². The Kier molecular flexibility index (Phi) is 6.08. The van der Waals surface area contributed by atoms with Crippen LogP contribution in [0.1, 0.15) is 38.3 Å². The highest BCUT2D eigenvalue weighted by Gasteiger charge is 2.29. The number of aromatic nitrogens is 1. The van der Waals surface area contributed by atoms with Gasteiger partial charge in [0.1, 0.15) is 35.0 Å². The molecular formula is C26H24FN3O5. The molecule has 2 aliphatic heterocycles. The van der Waals surface area contributed by atoms with E-state index in [2.05, 4.69) is 10.3 Å². The van der Waals surface area contributed by atoms with Crippen LogP contribution in [0.3, 0.4) is 0 Å². The topological polar surface area (TPSA) is 101 Å². The molecule has 8 nitrogen and oxygen atoms in total. The minimum atomic E-state index is -0.681. The Morgan fingerprint density at radius 2 is 2.06 bits per heavy atom. The molecule has 1 fully saturated rings. The van der Waals surface area contributed by atoms with Gasteiger partial charge >= 0.3 is 0 Å². The summed E-state index contributed by atoms with van der Waals surface area (Å²) in [6.07, 6.45) is 2.46. The van der Waals surface area contributed by atoms with Crippen molar-refractivity contribution >= 4 is 17.6 Å². The molecule has 2 amide bonds. The average Bonchev–Trinajstić information content (AvgIpc) is 3.23. The van der Waals surface area contributed by atoms with E-state index in [0.29, 0.717) is 42.4 Å². The number of carbonyl (C=O) groups is 2. The van der Waals surface area contributed by atoms with Crippen molar-refractivity contribution in [2.45, 2.75) is 25.9 Å². The molecule has 1 atom stereocenters. The standard InChI is InChI=1S/C26H24FN3O5/c1-15-3-6-24(28-13-15)29-25(32)16-9-22(20-11-18(14-31)35-23(20)10-16)34-17-4-5-19(21(27)12-17)26(33)30-7-2-8-30/h3-6,9-10,12-13,18,31H,2,7-8,11,14H2,1H3,(H,28,29,32). The minimum Gasteiger partial charge on any atom is -0.487 e. The Bertz CT molecular complexity index is 1290. The highest BCUT2D eigenvalue weighted by Crippen LogP contribution is 2.40. The SMILES string of the molecule is Cc1ccc(NC(=O)c2cc(Oc3ccc(C(=O)N4CCC4)c(F)c3)c3c(c2)OC(CO)C3)nc1. The molecule has 0 aliphatic carbocycles. The van der Waals surface area contributed by atoms with Crippen molar-refractivity contribution in [2.24, 2.45) is 0 Å². The number of anilines is 1. The number of likely N-dealkylation sites (tertiary alicyclic amines) is 1. The first kappa shape index (κ1) is 22.8. The Balaban J connectivity index is 1.42. The Morgan fingerprint density at radius 1 is 1.23 bits per heavy atom. The molecule has 2 aliphatic rings. The first-order valence-corrected chi connectivity index (χ1v) is 11.4. The number of ether oxygens (including phenoxy) is 2. The van der Waals surface area contributed by atoms with E-state index < -0.39 is 17.8 Å². The maximum atomic E-state index is 14.7. The van der Waals surface area contributed by atoms with Crippen LogP contribution in [-0.4, -0.2) is 52.6 Å². The zero-order valence-electron chi connectivity index (χ0n) is 19.1. The van der Waals surface area contributed by atoms with Crippen molar-refractivity contribution in [1.82, 2.24) is 9.88 Å². The number of aliphatic hydroxyl groups is 1. The predicted octanol–water partition coefficient (Wildman–Crippen LogP) is 3.72. The molecule has 0 radical (unpaired) electrons. The molecule has 0 spiro atoms. The number of amides is 2. The number of fused-ring (bicyclic) bond motifs is 1. The number of aliphatic hydroxyl groups excluding tert-OH is 1. The summed E-state index contributed by atoms with van der Waals surface area (Å²) in [7, 11) is 0. The van der Waals surface area contributed by atoms with Crippen LogP contribution in [0.5, 0.6) is 17.2 Å². The minimum absolute atomic E-state index is 0.00955. The van der Waals surface area contributed by atoms with Crippen molar-refractivity contribution < 1.29 is 28.6 Å². The normalized spacial score (nSPS) is 16.2. The van der Waals surface area contributed by atoms with Crippen LogP contribution in [0.25, 0.3) is 0 Å². The van der Waals surface area contributed by atoms with Crippen LogP contribution >= 0.6 is 0 Å². The molecule has 0 saturated carbocycles. The average molecular weight is 477 g/mol. The van der Waals surface area contributed by atoms with E-state index in [1.165, 1.54) is 12.1 Å². The van der Waals surface area contributed by atoms with E-state index in [-0.39, 0.29) is 29.4 Å². The lowest BCUT2D eigenvalue weighted by molar-refractivity contribution is 0.0646. The van der Waals surface area contributed by atoms with Gasteiger partial charge < -0.3 is 24.8 Å². The predicted molar refractivity (Wildman–Crippen MR) is 126 cm³/mol. The quantitative estimate of drug-likeness (QED) is 0.561. The molecule has 0 bridgehead atoms. The third kappa shape index (κ3) is 4.67. The molecule has 1 aromatic heterocycles. The number of hydrogen-bond acceptors (Lipinski definition) is 6. The summed E-state index contributed by atoms with van der Waals surface area (Å²) in [4.78, 5) is 31.1. The van der Waals surface area contributed by atoms with Crippen LogP contribution < -0.4 is 14.8 Å². The van der Waals surface area contributed by atoms with E-state index in [4.69, 9.17) is 9.47 Å². The van der Waals surface area contributed by atoms with Crippen LogP contribution in [0.2, 0.25) is 0 Å². The van der Waals surface area contributed by atoms with Crippen molar-refractivity contribution in [1.29, 1.82) is 0 Å². The van der Waals surface area contributed by atoms with Crippen LogP contribution in [0.15, 0.2) is 48.7 Å². The molecular weight excluding hydrogens is 453 g/mol. The van der Waals surface area contributed by atoms with E-state index >= 15 is 0 Å². The van der Waals surface area contributed by atoms with Crippen LogP contribution in [0, 0.1) is 12.7 Å². The second kappa shape index (κ2) is 9.34. The third-order valence-corrected chi connectivity index (χ3v) is 6.05. The Hall–Kier alpha value is -3.98. The summed E-state index contributed by atoms with van der Waals surface area (Å²) in [5.41, 5.74) is 1.87. The lowest BCUT2D eigenvalue weighted by atomic mass is 10.1. The molecule has 1 saturated heterocycles. The van der Waals surface area contributed by atoms with Gasteiger partial charge in [-0.3, -0.25) is 9.59 Å². The van der Waals surface area contributed by atoms with Gasteiger partial charge in [-0.05, 0) is 49.2 Å². The second-order valence-corrected chi connectivity index (χ2v) is 8.64. The number of carbonyl (C=O) groups excluding carboxylic acids is 2. The number of pyridine rings is 1. The molecule has 180 valence electrons. The highest BCUT2D eigenvalue weighted by atomic mass is 19.1. The van der Waals surface area contributed by atoms with E-state index in [0.717, 1.165) is 18.1 Å². The number of benzene rings is 2. The summed E-state index contributed by atoms with van der Waals surface area (Å²) >= 11 is 0. The Labute approximate surface area is 201 Å². The maximum Gasteiger partial charge on any atom is 0.257 e. The third-order valence-electron chi connectivity index (χ3n) is 6.05. The fraction of sp³-hybridized carbons (Fsp3) is 0.269. The highest BCUT2D eigenvalue weighted by molar-refractivity contribution is 6.04. The van der Waals surface area contributed by atoms with Crippen molar-refractivity contribution in [3.8, 4) is 17.2 Å². The van der Waals surface area contributed by atoms with Gasteiger partial charge in [-0.1, -0.05) is 6.07 Å². The first-order chi connectivity index (χ1) is 16.9. The van der Waals surface area contributed by atoms with Gasteiger partial charge in [0.2, 0.25) is 0 Å². The van der Waals surface area contributed by atoms with E-state index in [1.807, 2.05) is 13.0 Å². The number of nitrogens with one attached hydrogen (secondary N) is 1. The molecule has 2 aromatic carbocycles. The summed E-state index contributed by atoms with van der Waals surface area (Å²) in [6, 6.07) is 10.7. The van der Waals surface area contributed by atoms with Crippen molar-refractivity contribution in [3.63, 3.8) is 0 Å². The molecule has 3 aromatic rings. The van der Waals surface area contributed by atoms with Crippen LogP contribution in [0.4, 0.5) is 10.2 Å². The maximum absolute atomic E-state index is 14.7. The number of nitrogens with zero attached hydrogens (tertiary/aromatic N) is 2. The molecule has 2 N–H and O–H groups in total. The van der Waals surface area contributed by atoms with Crippen molar-refractivity contribution in [3.05, 3.63) is 76.7 Å². The fourth-order valence-corrected chi connectivity index (χ4v) is 3.98. The summed E-state index contributed by atoms with van der Waals surface area (Å²) < 4.78 is 26.5. The largest absolute Gasteiger partial charge is 0.487 e. The molecule has 9 heteroatoms. The lowest BCUT2D eigenvalue weighted by Crippen LogP contribution is -2.42. The van der Waals surface area contributed by atoms with Gasteiger partial charge in [0.05, 0.1) is 12.2 Å². The zero-order chi connectivity index (χ0) is 24.5. The zero-order valence-corrected chi connectivity index (χ0v) is 19.1. The molecule has 1 unspecified atom stereocenters. The summed E-state index contributed by atoms with van der Waals surface area (Å²) in [5.74, 6) is -0.164. The Morgan fingerprint density at radius 3 is 2.71 bits per heavy atom. The van der Waals surface area contributed by atoms with Gasteiger partial charge in [0.15, 0.2) is 0 Å². The number of rotatable bonds is 6. The summed E-state index contributed by atoms with van der Waals surface area (Å²) in [5, 5.41) is 12.3. The number of halogens is 1. The van der Waals surface area contributed by atoms with Crippen LogP contribution in [-0.2, 0) is 6.42 Å². The van der Waals surface area contributed by atoms with E-state index in [9.17, 15) is 19.1 Å². The van der Waals surface area contributed by atoms with Gasteiger partial charge in [-0.25, -0.2) is 9.37 Å². The summed E-state index contributed by atoms with van der Waals surface area (Å²) in [6.45, 7) is 2.95. The van der Waals surface area contributed by atoms with Gasteiger partial charge in [0.25, 0.3) is 11.8 Å². The number of aryl methyl sites for hydroxylation is 1. The van der Waals surface area contributed by atoms with Gasteiger partial charge in [0, 0.05) is 42.9 Å². The monoisotopic (exact) mass is 477 g/mol. The first-order valence-electron chi connectivity index (χ1n) is 11.4. The van der Waals surface area contributed by atoms with E-state index in [1.54, 1.807) is 29.3 Å². The fourth-order valence-electron chi connectivity index (χ4n) is 3.98. The lowest BCUT2D eigenvalue weighted by Gasteiger charge is -2.31. The smallest absolute Gasteiger partial charge is 0.257 e. The number of hydrogen-bond donors (Lipinski definition) is 2. The molecule has 5 rings (SSSR count). The second-order valence-electron chi connectivity index (χ2n) is 8.64. The molecule has 35 heavy (non-hydrogen) atoms.